The number of hydrogen-bond donors (Lipinski definition) is 1. The highest BCUT2D eigenvalue weighted by Gasteiger charge is 2.23. The van der Waals surface area contributed by atoms with E-state index in [1.54, 1.807) is 34.6 Å². The zero-order valence-corrected chi connectivity index (χ0v) is 18.8. The summed E-state index contributed by atoms with van der Waals surface area (Å²) in [6.45, 7) is 6.04. The van der Waals surface area contributed by atoms with Gasteiger partial charge in [-0.15, -0.1) is 0 Å². The van der Waals surface area contributed by atoms with Crippen molar-refractivity contribution in [2.45, 2.75) is 33.4 Å². The second-order valence-corrected chi connectivity index (χ2v) is 8.02. The van der Waals surface area contributed by atoms with E-state index < -0.39 is 0 Å². The molecule has 8 heteroatoms. The zero-order valence-electron chi connectivity index (χ0n) is 18.0. The normalized spacial score (nSPS) is 12.0. The Hall–Kier alpha value is -3.45. The average Bonchev–Trinajstić information content (AvgIpc) is 3.28. The standard InChI is InChI=1S/C24H23ClFN5O/c1-15(21-13-27-31(17(21)3)20-11-9-19(26)10-12-20)28-24(32)22-16(2)29-30(23(22)25)14-18-7-5-4-6-8-18/h4-13,15H,14H2,1-3H3,(H,28,32). The van der Waals surface area contributed by atoms with Gasteiger partial charge in [-0.25, -0.2) is 13.8 Å². The summed E-state index contributed by atoms with van der Waals surface area (Å²) in [5.74, 6) is -0.604. The van der Waals surface area contributed by atoms with Crippen LogP contribution in [0, 0.1) is 19.7 Å². The Morgan fingerprint density at radius 2 is 1.81 bits per heavy atom. The highest BCUT2D eigenvalue weighted by molar-refractivity contribution is 6.33. The van der Waals surface area contributed by atoms with Gasteiger partial charge in [-0.2, -0.15) is 10.2 Å². The third-order valence-corrected chi connectivity index (χ3v) is 5.78. The molecule has 0 aliphatic carbocycles. The molecule has 0 saturated heterocycles. The Morgan fingerprint density at radius 1 is 1.12 bits per heavy atom. The first-order valence-electron chi connectivity index (χ1n) is 10.2. The molecule has 0 aliphatic rings. The van der Waals surface area contributed by atoms with E-state index in [1.807, 2.05) is 44.2 Å². The fourth-order valence-electron chi connectivity index (χ4n) is 3.71. The van der Waals surface area contributed by atoms with E-state index in [0.29, 0.717) is 23.0 Å². The van der Waals surface area contributed by atoms with Gasteiger partial charge >= 0.3 is 0 Å². The van der Waals surface area contributed by atoms with Gasteiger partial charge < -0.3 is 5.32 Å². The molecule has 0 spiro atoms. The molecule has 1 N–H and O–H groups in total. The summed E-state index contributed by atoms with van der Waals surface area (Å²) in [6, 6.07) is 15.6. The van der Waals surface area contributed by atoms with E-state index in [0.717, 1.165) is 22.5 Å². The van der Waals surface area contributed by atoms with Crippen LogP contribution in [-0.4, -0.2) is 25.5 Å². The van der Waals surface area contributed by atoms with Crippen LogP contribution in [0.25, 0.3) is 5.69 Å². The minimum Gasteiger partial charge on any atom is -0.345 e. The fourth-order valence-corrected chi connectivity index (χ4v) is 4.03. The highest BCUT2D eigenvalue weighted by atomic mass is 35.5. The summed E-state index contributed by atoms with van der Waals surface area (Å²) in [4.78, 5) is 13.0. The predicted octanol–water partition coefficient (Wildman–Crippen LogP) is 5.02. The maximum atomic E-state index is 13.2. The second kappa shape index (κ2) is 8.96. The number of nitrogens with one attached hydrogen (secondary N) is 1. The number of aromatic nitrogens is 4. The van der Waals surface area contributed by atoms with Gasteiger partial charge in [0.25, 0.3) is 5.91 Å². The van der Waals surface area contributed by atoms with Crippen molar-refractivity contribution in [1.82, 2.24) is 24.9 Å². The molecule has 4 rings (SSSR count). The molecule has 0 bridgehead atoms. The van der Waals surface area contributed by atoms with Gasteiger partial charge in [-0.05, 0) is 50.6 Å². The minimum atomic E-state index is -0.315. The van der Waals surface area contributed by atoms with Gasteiger partial charge in [0.05, 0.1) is 35.7 Å². The summed E-state index contributed by atoms with van der Waals surface area (Å²) in [7, 11) is 0. The number of hydrogen-bond acceptors (Lipinski definition) is 3. The van der Waals surface area contributed by atoms with Crippen LogP contribution in [0.3, 0.4) is 0 Å². The lowest BCUT2D eigenvalue weighted by atomic mass is 10.1. The topological polar surface area (TPSA) is 64.7 Å². The van der Waals surface area contributed by atoms with Crippen molar-refractivity contribution in [3.05, 3.63) is 99.8 Å². The number of nitrogens with zero attached hydrogens (tertiary/aromatic N) is 4. The van der Waals surface area contributed by atoms with Crippen LogP contribution < -0.4 is 5.32 Å². The van der Waals surface area contributed by atoms with E-state index in [2.05, 4.69) is 15.5 Å². The van der Waals surface area contributed by atoms with Crippen LogP contribution in [0.15, 0.2) is 60.8 Å². The maximum Gasteiger partial charge on any atom is 0.256 e. The van der Waals surface area contributed by atoms with Crippen molar-refractivity contribution in [2.24, 2.45) is 0 Å². The number of benzene rings is 2. The first-order valence-corrected chi connectivity index (χ1v) is 10.6. The molecule has 0 radical (unpaired) electrons. The maximum absolute atomic E-state index is 13.2. The number of carbonyl (C=O) groups excluding carboxylic acids is 1. The van der Waals surface area contributed by atoms with Crippen LogP contribution in [0.5, 0.6) is 0 Å². The molecular weight excluding hydrogens is 429 g/mol. The minimum absolute atomic E-state index is 0.298. The third-order valence-electron chi connectivity index (χ3n) is 5.40. The molecule has 1 unspecified atom stereocenters. The molecule has 0 aliphatic heterocycles. The lowest BCUT2D eigenvalue weighted by Crippen LogP contribution is -2.27. The second-order valence-electron chi connectivity index (χ2n) is 7.66. The SMILES string of the molecule is Cc1nn(Cc2ccccc2)c(Cl)c1C(=O)NC(C)c1cnn(-c2ccc(F)cc2)c1C. The summed E-state index contributed by atoms with van der Waals surface area (Å²) in [6.07, 6.45) is 1.71. The number of carbonyl (C=O) groups is 1. The molecule has 2 heterocycles. The van der Waals surface area contributed by atoms with E-state index in [9.17, 15) is 9.18 Å². The Balaban J connectivity index is 1.53. The molecule has 32 heavy (non-hydrogen) atoms. The van der Waals surface area contributed by atoms with Gasteiger partial charge in [-0.1, -0.05) is 41.9 Å². The first-order chi connectivity index (χ1) is 15.3. The summed E-state index contributed by atoms with van der Waals surface area (Å²) in [5.41, 5.74) is 4.42. The summed E-state index contributed by atoms with van der Waals surface area (Å²) >= 11 is 6.52. The van der Waals surface area contributed by atoms with Crippen LogP contribution >= 0.6 is 11.6 Å². The molecule has 1 atom stereocenters. The molecule has 0 fully saturated rings. The average molecular weight is 452 g/mol. The first kappa shape index (κ1) is 21.8. The van der Waals surface area contributed by atoms with E-state index >= 15 is 0 Å². The molecule has 164 valence electrons. The summed E-state index contributed by atoms with van der Waals surface area (Å²) < 4.78 is 16.6. The molecule has 1 amide bonds. The van der Waals surface area contributed by atoms with Gasteiger partial charge in [0.1, 0.15) is 11.0 Å². The van der Waals surface area contributed by atoms with Crippen molar-refractivity contribution < 1.29 is 9.18 Å². The largest absolute Gasteiger partial charge is 0.345 e. The zero-order chi connectivity index (χ0) is 22.8. The van der Waals surface area contributed by atoms with Crippen molar-refractivity contribution in [3.8, 4) is 5.69 Å². The van der Waals surface area contributed by atoms with Crippen LogP contribution in [0.4, 0.5) is 4.39 Å². The number of aryl methyl sites for hydroxylation is 1. The molecule has 2 aromatic heterocycles. The van der Waals surface area contributed by atoms with Crippen molar-refractivity contribution in [1.29, 1.82) is 0 Å². The third kappa shape index (κ3) is 4.29. The predicted molar refractivity (Wildman–Crippen MR) is 122 cm³/mol. The molecule has 6 nitrogen and oxygen atoms in total. The number of halogens is 2. The van der Waals surface area contributed by atoms with Crippen molar-refractivity contribution >= 4 is 17.5 Å². The van der Waals surface area contributed by atoms with Crippen LogP contribution in [0.2, 0.25) is 5.15 Å². The van der Waals surface area contributed by atoms with Gasteiger partial charge in [-0.3, -0.25) is 4.79 Å². The Morgan fingerprint density at radius 3 is 2.50 bits per heavy atom. The number of rotatable bonds is 6. The Labute approximate surface area is 190 Å². The van der Waals surface area contributed by atoms with Crippen molar-refractivity contribution in [3.63, 3.8) is 0 Å². The molecule has 4 aromatic rings. The van der Waals surface area contributed by atoms with Crippen LogP contribution in [-0.2, 0) is 6.54 Å². The Bertz CT molecular complexity index is 1250. The van der Waals surface area contributed by atoms with E-state index in [4.69, 9.17) is 11.6 Å². The number of amides is 1. The lowest BCUT2D eigenvalue weighted by molar-refractivity contribution is 0.0939. The van der Waals surface area contributed by atoms with Gasteiger partial charge in [0.15, 0.2) is 0 Å². The summed E-state index contributed by atoms with van der Waals surface area (Å²) in [5, 5.41) is 12.2. The Kier molecular flexibility index (Phi) is 6.10. The quantitative estimate of drug-likeness (QED) is 0.447. The van der Waals surface area contributed by atoms with Gasteiger partial charge in [0.2, 0.25) is 0 Å². The van der Waals surface area contributed by atoms with Gasteiger partial charge in [0, 0.05) is 11.3 Å². The van der Waals surface area contributed by atoms with Crippen molar-refractivity contribution in [2.75, 3.05) is 0 Å². The monoisotopic (exact) mass is 451 g/mol. The highest BCUT2D eigenvalue weighted by Crippen LogP contribution is 2.24. The van der Waals surface area contributed by atoms with E-state index in [-0.39, 0.29) is 17.8 Å². The van der Waals surface area contributed by atoms with Crippen LogP contribution in [0.1, 0.15) is 45.8 Å². The molecule has 0 saturated carbocycles. The lowest BCUT2D eigenvalue weighted by Gasteiger charge is -2.14. The fraction of sp³-hybridized carbons (Fsp3) is 0.208. The molecule has 2 aromatic carbocycles. The van der Waals surface area contributed by atoms with E-state index in [1.165, 1.54) is 12.1 Å². The smallest absolute Gasteiger partial charge is 0.256 e. The molecular formula is C24H23ClFN5O.